The zero-order valence-electron chi connectivity index (χ0n) is 33.0. The SMILES string of the molecule is CC(Cc1cc(C(C)(C)C)c(C(C)(C)C)cc1C(C)(C)C)c1c(C(C)(C)C)c(C(C)(C)C)cc(C(C)(C)C)c1C(C)(C)C. The van der Waals surface area contributed by atoms with Crippen molar-refractivity contribution >= 4 is 0 Å². The summed E-state index contributed by atoms with van der Waals surface area (Å²) in [6, 6.07) is 7.81. The third-order valence-electron chi connectivity index (χ3n) is 9.17. The van der Waals surface area contributed by atoms with Crippen LogP contribution < -0.4 is 0 Å². The summed E-state index contributed by atoms with van der Waals surface area (Å²) in [5.74, 6) is 0.376. The van der Waals surface area contributed by atoms with Crippen molar-refractivity contribution in [1.82, 2.24) is 0 Å². The zero-order valence-corrected chi connectivity index (χ0v) is 33.0. The van der Waals surface area contributed by atoms with Crippen molar-refractivity contribution in [2.24, 2.45) is 0 Å². The monoisotopic (exact) mass is 589 g/mol. The highest BCUT2D eigenvalue weighted by Crippen LogP contribution is 2.49. The Morgan fingerprint density at radius 1 is 0.372 bits per heavy atom. The largest absolute Gasteiger partial charge is 0.0581 e. The first-order chi connectivity index (χ1) is 18.7. The first kappa shape index (κ1) is 37.6. The van der Waals surface area contributed by atoms with Gasteiger partial charge in [0.1, 0.15) is 0 Å². The minimum atomic E-state index is 0.0299. The van der Waals surface area contributed by atoms with Crippen molar-refractivity contribution < 1.29 is 0 Å². The Balaban J connectivity index is 3.18. The van der Waals surface area contributed by atoms with E-state index in [2.05, 4.69) is 171 Å². The van der Waals surface area contributed by atoms with Gasteiger partial charge in [-0.25, -0.2) is 0 Å². The molecule has 2 aromatic rings. The van der Waals surface area contributed by atoms with E-state index in [-0.39, 0.29) is 37.9 Å². The lowest BCUT2D eigenvalue weighted by atomic mass is 9.62. The Kier molecular flexibility index (Phi) is 9.93. The second-order valence-electron chi connectivity index (χ2n) is 21.0. The molecule has 0 aliphatic carbocycles. The van der Waals surface area contributed by atoms with Gasteiger partial charge >= 0.3 is 0 Å². The number of benzene rings is 2. The molecule has 0 amide bonds. The molecule has 0 aliphatic heterocycles. The Morgan fingerprint density at radius 3 is 0.930 bits per heavy atom. The lowest BCUT2D eigenvalue weighted by Gasteiger charge is -2.42. The van der Waals surface area contributed by atoms with Crippen molar-refractivity contribution in [2.45, 2.75) is 203 Å². The molecule has 1 unspecified atom stereocenters. The van der Waals surface area contributed by atoms with Gasteiger partial charge in [-0.2, -0.15) is 0 Å². The molecule has 0 spiro atoms. The predicted octanol–water partition coefficient (Wildman–Crippen LogP) is 13.1. The molecular weight excluding hydrogens is 516 g/mol. The average Bonchev–Trinajstić information content (AvgIpc) is 2.72. The van der Waals surface area contributed by atoms with Crippen molar-refractivity contribution in [3.8, 4) is 0 Å². The Labute approximate surface area is 270 Å². The van der Waals surface area contributed by atoms with Crippen LogP contribution in [0.2, 0.25) is 0 Å². The highest BCUT2D eigenvalue weighted by molar-refractivity contribution is 5.58. The number of hydrogen-bond acceptors (Lipinski definition) is 0. The molecule has 0 N–H and O–H groups in total. The van der Waals surface area contributed by atoms with Crippen molar-refractivity contribution in [3.63, 3.8) is 0 Å². The quantitative estimate of drug-likeness (QED) is 0.334. The topological polar surface area (TPSA) is 0 Å². The first-order valence-corrected chi connectivity index (χ1v) is 17.1. The fraction of sp³-hybridized carbons (Fsp3) is 0.721. The molecular formula is C43H72. The molecule has 2 rings (SSSR count). The van der Waals surface area contributed by atoms with Crippen LogP contribution in [-0.4, -0.2) is 0 Å². The summed E-state index contributed by atoms with van der Waals surface area (Å²) in [6.45, 7) is 53.1. The first-order valence-electron chi connectivity index (χ1n) is 17.1. The summed E-state index contributed by atoms with van der Waals surface area (Å²) >= 11 is 0. The maximum absolute atomic E-state index is 2.61. The predicted molar refractivity (Wildman–Crippen MR) is 196 cm³/mol. The summed E-state index contributed by atoms with van der Waals surface area (Å²) < 4.78 is 0. The maximum Gasteiger partial charge on any atom is -0.0126 e. The fourth-order valence-electron chi connectivity index (χ4n) is 7.18. The Morgan fingerprint density at radius 2 is 0.651 bits per heavy atom. The molecule has 43 heavy (non-hydrogen) atoms. The van der Waals surface area contributed by atoms with Crippen LogP contribution >= 0.6 is 0 Å². The molecule has 0 nitrogen and oxygen atoms in total. The van der Waals surface area contributed by atoms with Crippen LogP contribution in [0.5, 0.6) is 0 Å². The lowest BCUT2D eigenvalue weighted by Crippen LogP contribution is -2.32. The molecule has 1 atom stereocenters. The fourth-order valence-corrected chi connectivity index (χ4v) is 7.18. The number of hydrogen-bond donors (Lipinski definition) is 0. The summed E-state index contributed by atoms with van der Waals surface area (Å²) in [5.41, 5.74) is 14.2. The van der Waals surface area contributed by atoms with Gasteiger partial charge in [0.05, 0.1) is 0 Å². The standard InChI is InChI=1S/C43H72/c1-27(23-28-24-30(38(5,6)7)31(39(8,9)10)25-29(28)37(2,3)4)34-35(42(17,18)19)32(40(11,12)13)26-33(41(14,15)16)36(34)43(20,21)22/h24-27H,23H2,1-22H3. The molecule has 0 saturated carbocycles. The van der Waals surface area contributed by atoms with Gasteiger partial charge in [-0.15, -0.1) is 0 Å². The molecule has 0 saturated heterocycles. The molecule has 0 heteroatoms. The third kappa shape index (κ3) is 8.38. The van der Waals surface area contributed by atoms with E-state index in [0.29, 0.717) is 5.92 Å². The molecule has 0 aliphatic rings. The molecule has 0 radical (unpaired) electrons. The van der Waals surface area contributed by atoms with Crippen molar-refractivity contribution in [3.05, 3.63) is 68.3 Å². The Bertz CT molecular complexity index is 1240. The van der Waals surface area contributed by atoms with Gasteiger partial charge in [-0.05, 0) is 100 Å². The zero-order chi connectivity index (χ0) is 34.1. The van der Waals surface area contributed by atoms with E-state index >= 15 is 0 Å². The smallest absolute Gasteiger partial charge is 0.0126 e. The van der Waals surface area contributed by atoms with Gasteiger partial charge in [-0.1, -0.05) is 171 Å². The van der Waals surface area contributed by atoms with E-state index < -0.39 is 0 Å². The normalized spacial score (nSPS) is 15.2. The van der Waals surface area contributed by atoms with Crippen LogP contribution in [0.15, 0.2) is 18.2 Å². The van der Waals surface area contributed by atoms with E-state index in [1.165, 1.54) is 33.4 Å². The van der Waals surface area contributed by atoms with Gasteiger partial charge in [-0.3, -0.25) is 0 Å². The van der Waals surface area contributed by atoms with E-state index in [4.69, 9.17) is 0 Å². The second kappa shape index (κ2) is 11.4. The van der Waals surface area contributed by atoms with Crippen molar-refractivity contribution in [1.29, 1.82) is 0 Å². The summed E-state index contributed by atoms with van der Waals surface area (Å²) in [6.07, 6.45) is 1.05. The number of rotatable bonds is 3. The van der Waals surface area contributed by atoms with E-state index in [1.54, 1.807) is 16.7 Å². The van der Waals surface area contributed by atoms with Crippen LogP contribution in [-0.2, 0) is 44.3 Å². The average molecular weight is 589 g/mol. The van der Waals surface area contributed by atoms with E-state index in [9.17, 15) is 0 Å². The minimum absolute atomic E-state index is 0.0299. The second-order valence-corrected chi connectivity index (χ2v) is 21.0. The molecule has 0 fully saturated rings. The lowest BCUT2D eigenvalue weighted by molar-refractivity contribution is 0.482. The Hall–Kier alpha value is -1.56. The van der Waals surface area contributed by atoms with Crippen molar-refractivity contribution in [2.75, 3.05) is 0 Å². The van der Waals surface area contributed by atoms with Gasteiger partial charge in [0.15, 0.2) is 0 Å². The van der Waals surface area contributed by atoms with Crippen LogP contribution in [0.3, 0.4) is 0 Å². The molecule has 2 aromatic carbocycles. The summed E-state index contributed by atoms with van der Waals surface area (Å²) in [7, 11) is 0. The van der Waals surface area contributed by atoms with Crippen LogP contribution in [0.4, 0.5) is 0 Å². The van der Waals surface area contributed by atoms with Crippen LogP contribution in [0.1, 0.15) is 208 Å². The summed E-state index contributed by atoms with van der Waals surface area (Å²) in [5, 5.41) is 0. The third-order valence-corrected chi connectivity index (χ3v) is 9.17. The van der Waals surface area contributed by atoms with Gasteiger partial charge in [0, 0.05) is 0 Å². The van der Waals surface area contributed by atoms with E-state index in [0.717, 1.165) is 6.42 Å². The molecule has 244 valence electrons. The van der Waals surface area contributed by atoms with E-state index in [1.807, 2.05) is 0 Å². The highest BCUT2D eigenvalue weighted by Gasteiger charge is 2.38. The van der Waals surface area contributed by atoms with Crippen LogP contribution in [0, 0.1) is 0 Å². The molecule has 0 bridgehead atoms. The van der Waals surface area contributed by atoms with Crippen LogP contribution in [0.25, 0.3) is 0 Å². The summed E-state index contributed by atoms with van der Waals surface area (Å²) in [4.78, 5) is 0. The maximum atomic E-state index is 2.61. The van der Waals surface area contributed by atoms with Gasteiger partial charge in [0.25, 0.3) is 0 Å². The van der Waals surface area contributed by atoms with Gasteiger partial charge in [0.2, 0.25) is 0 Å². The molecule has 0 aromatic heterocycles. The minimum Gasteiger partial charge on any atom is -0.0581 e. The highest BCUT2D eigenvalue weighted by atomic mass is 14.4. The van der Waals surface area contributed by atoms with Gasteiger partial charge < -0.3 is 0 Å². The molecule has 0 heterocycles.